The van der Waals surface area contributed by atoms with Gasteiger partial charge in [0, 0.05) is 13.8 Å². The third kappa shape index (κ3) is 12.6. The second kappa shape index (κ2) is 15.5. The summed E-state index contributed by atoms with van der Waals surface area (Å²) in [5, 5.41) is -1.53. The molecule has 2 aliphatic rings. The average molecular weight is 518 g/mol. The number of rotatable bonds is 3. The van der Waals surface area contributed by atoms with Crippen molar-refractivity contribution < 1.29 is 123 Å². The normalized spacial score (nSPS) is 16.8. The molecule has 0 radical (unpaired) electrons. The van der Waals surface area contributed by atoms with Crippen molar-refractivity contribution in [3.05, 3.63) is 6.42 Å². The Hall–Kier alpha value is -1.38. The molecule has 0 aromatic heterocycles. The molecule has 20 heteroatoms. The Bertz CT molecular complexity index is 955. The number of hydrogen-bond donors (Lipinski definition) is 0. The summed E-state index contributed by atoms with van der Waals surface area (Å²) < 4.78 is 56.9. The molecule has 0 spiro atoms. The zero-order valence-electron chi connectivity index (χ0n) is 17.0. The summed E-state index contributed by atoms with van der Waals surface area (Å²) in [7, 11) is -8.02. The predicted molar refractivity (Wildman–Crippen MR) is 84.0 cm³/mol. The van der Waals surface area contributed by atoms with Gasteiger partial charge < -0.3 is 19.0 Å². The van der Waals surface area contributed by atoms with Crippen LogP contribution in [0.2, 0.25) is 0 Å². The number of imide groups is 2. The van der Waals surface area contributed by atoms with E-state index in [0.717, 1.165) is 20.3 Å². The molecule has 1 atom stereocenters. The van der Waals surface area contributed by atoms with Crippen molar-refractivity contribution in [3.63, 3.8) is 0 Å². The first-order valence-corrected chi connectivity index (χ1v) is 9.70. The quantitative estimate of drug-likeness (QED) is 0.146. The van der Waals surface area contributed by atoms with Gasteiger partial charge in [-0.1, -0.05) is 6.42 Å². The Morgan fingerprint density at radius 1 is 0.969 bits per heavy atom. The van der Waals surface area contributed by atoms with Crippen LogP contribution in [0.25, 0.3) is 0 Å². The Kier molecular flexibility index (Phi) is 17.0. The molecule has 0 bridgehead atoms. The molecule has 4 amide bonds. The standard InChI is InChI=1S/C6H7NO7S.C6H6NO4.2Na.O3S/c1-3(8)14-7-5(9)2-4(6(7)10)15(11,12)13;1-4(8)11-7-5(9)2-3-6(7)10;;;1-4(2)3/h4H,2H2,1H3,(H,11,12,13);2H,3H2,1H3;;;/q;-1;2*+1;/p-1. The van der Waals surface area contributed by atoms with Crippen LogP contribution in [0.15, 0.2) is 0 Å². The summed E-state index contributed by atoms with van der Waals surface area (Å²) in [5.74, 6) is -5.08. The first kappa shape index (κ1) is 35.2. The van der Waals surface area contributed by atoms with Gasteiger partial charge in [-0.05, 0) is 0 Å². The van der Waals surface area contributed by atoms with Gasteiger partial charge in [0.1, 0.15) is 21.3 Å². The van der Waals surface area contributed by atoms with Gasteiger partial charge in [0.2, 0.25) is 5.91 Å². The third-order valence-corrected chi connectivity index (χ3v) is 3.79. The minimum absolute atomic E-state index is 0. The number of carbonyl (C=O) groups excluding carboxylic acids is 6. The maximum Gasteiger partial charge on any atom is 1.00 e. The van der Waals surface area contributed by atoms with Crippen molar-refractivity contribution in [2.75, 3.05) is 0 Å². The van der Waals surface area contributed by atoms with Gasteiger partial charge >= 0.3 is 81.7 Å². The van der Waals surface area contributed by atoms with E-state index in [9.17, 15) is 41.7 Å². The van der Waals surface area contributed by atoms with Gasteiger partial charge in [0.05, 0.1) is 6.42 Å². The molecular formula is C12H12N2Na2O14S2. The van der Waals surface area contributed by atoms with E-state index in [1.165, 1.54) is 0 Å². The predicted octanol–water partition coefficient (Wildman–Crippen LogP) is -9.43. The molecule has 2 heterocycles. The number of hydrogen-bond acceptors (Lipinski definition) is 14. The molecule has 2 fully saturated rings. The molecule has 0 aromatic rings. The number of amides is 4. The second-order valence-corrected chi connectivity index (χ2v) is 6.98. The van der Waals surface area contributed by atoms with Crippen molar-refractivity contribution in [2.24, 2.45) is 0 Å². The van der Waals surface area contributed by atoms with Crippen LogP contribution in [-0.4, -0.2) is 76.5 Å². The van der Waals surface area contributed by atoms with Crippen molar-refractivity contribution in [1.29, 1.82) is 0 Å². The van der Waals surface area contributed by atoms with E-state index in [-0.39, 0.29) is 70.6 Å². The fourth-order valence-electron chi connectivity index (χ4n) is 1.72. The second-order valence-electron chi connectivity index (χ2n) is 5.02. The van der Waals surface area contributed by atoms with E-state index in [1.54, 1.807) is 0 Å². The molecule has 168 valence electrons. The fraction of sp³-hybridized carbons (Fsp3) is 0.417. The van der Waals surface area contributed by atoms with E-state index in [0.29, 0.717) is 5.06 Å². The Morgan fingerprint density at radius 2 is 1.38 bits per heavy atom. The summed E-state index contributed by atoms with van der Waals surface area (Å²) in [4.78, 5) is 72.8. The molecule has 0 N–H and O–H groups in total. The zero-order valence-corrected chi connectivity index (χ0v) is 22.6. The molecule has 1 unspecified atom stereocenters. The molecule has 0 saturated carbocycles. The number of nitrogens with zero attached hydrogens (tertiary/aromatic N) is 2. The summed E-state index contributed by atoms with van der Waals surface area (Å²) in [6.07, 6.45) is 0.370. The van der Waals surface area contributed by atoms with E-state index < -0.39 is 68.0 Å². The molecule has 0 aromatic carbocycles. The van der Waals surface area contributed by atoms with Crippen molar-refractivity contribution in [3.8, 4) is 0 Å². The van der Waals surface area contributed by atoms with Gasteiger partial charge in [0.25, 0.3) is 11.8 Å². The molecule has 16 nitrogen and oxygen atoms in total. The third-order valence-electron chi connectivity index (χ3n) is 2.73. The van der Waals surface area contributed by atoms with Crippen LogP contribution in [0.1, 0.15) is 26.7 Å². The van der Waals surface area contributed by atoms with Gasteiger partial charge in [-0.3, -0.25) is 20.8 Å². The smallest absolute Gasteiger partial charge is 0.747 e. The van der Waals surface area contributed by atoms with Crippen LogP contribution < -0.4 is 59.1 Å². The number of carbonyl (C=O) groups is 6. The Morgan fingerprint density at radius 3 is 1.66 bits per heavy atom. The maximum absolute atomic E-state index is 11.1. The van der Waals surface area contributed by atoms with Crippen LogP contribution >= 0.6 is 0 Å². The fourth-order valence-corrected chi connectivity index (χ4v) is 2.41. The minimum Gasteiger partial charge on any atom is -0.747 e. The first-order valence-electron chi connectivity index (χ1n) is 7.23. The minimum atomic E-state index is -4.91. The summed E-state index contributed by atoms with van der Waals surface area (Å²) in [6, 6.07) is 0. The Labute approximate surface area is 226 Å². The molecule has 2 rings (SSSR count). The van der Waals surface area contributed by atoms with E-state index in [2.05, 4.69) is 9.68 Å². The summed E-state index contributed by atoms with van der Waals surface area (Å²) in [6.45, 7) is 2.05. The van der Waals surface area contributed by atoms with Crippen molar-refractivity contribution in [2.45, 2.75) is 31.9 Å². The summed E-state index contributed by atoms with van der Waals surface area (Å²) in [5.41, 5.74) is 0. The zero-order chi connectivity index (χ0) is 23.8. The van der Waals surface area contributed by atoms with Crippen LogP contribution in [-0.2, 0) is 59.2 Å². The SMILES string of the molecule is CC(=O)ON1C(=O)CC(S(=O)(=O)[O-])C1=O.CC(=O)ON1C(=O)[CH-]CC1=O.O=S(=O)=O.[Na+].[Na+]. The van der Waals surface area contributed by atoms with E-state index in [4.69, 9.17) is 12.6 Å². The first-order chi connectivity index (χ1) is 13.6. The molecular weight excluding hydrogens is 506 g/mol. The molecule has 2 aliphatic heterocycles. The topological polar surface area (TPSA) is 236 Å². The van der Waals surface area contributed by atoms with E-state index >= 15 is 0 Å². The van der Waals surface area contributed by atoms with Crippen molar-refractivity contribution >= 4 is 56.3 Å². The van der Waals surface area contributed by atoms with Gasteiger partial charge in [-0.2, -0.15) is 0 Å². The molecule has 2 saturated heterocycles. The number of hydroxylamine groups is 4. The van der Waals surface area contributed by atoms with Crippen LogP contribution in [0.5, 0.6) is 0 Å². The Balaban J connectivity index is -0.000000439. The monoisotopic (exact) mass is 518 g/mol. The van der Waals surface area contributed by atoms with Crippen LogP contribution in [0.4, 0.5) is 0 Å². The van der Waals surface area contributed by atoms with E-state index in [1.807, 2.05) is 0 Å². The summed E-state index contributed by atoms with van der Waals surface area (Å²) >= 11 is 0. The maximum atomic E-state index is 11.1. The van der Waals surface area contributed by atoms with Gasteiger partial charge in [0.15, 0.2) is 0 Å². The largest absolute Gasteiger partial charge is 1.00 e. The van der Waals surface area contributed by atoms with Gasteiger partial charge in [-0.25, -0.2) is 18.0 Å². The molecule has 32 heavy (non-hydrogen) atoms. The van der Waals surface area contributed by atoms with Crippen LogP contribution in [0.3, 0.4) is 0 Å². The van der Waals surface area contributed by atoms with Gasteiger partial charge in [-0.15, -0.1) is 22.8 Å². The van der Waals surface area contributed by atoms with Crippen LogP contribution in [0, 0.1) is 6.42 Å². The molecule has 0 aliphatic carbocycles. The van der Waals surface area contributed by atoms with Crippen molar-refractivity contribution in [1.82, 2.24) is 10.1 Å². The average Bonchev–Trinajstić information content (AvgIpc) is 3.01.